The van der Waals surface area contributed by atoms with Gasteiger partial charge in [-0.05, 0) is 62.9 Å². The van der Waals surface area contributed by atoms with Crippen molar-refractivity contribution in [3.05, 3.63) is 65.2 Å². The average molecular weight is 571 g/mol. The summed E-state index contributed by atoms with van der Waals surface area (Å²) in [7, 11) is -4.40. The van der Waals surface area contributed by atoms with Crippen molar-refractivity contribution in [2.75, 3.05) is 13.1 Å². The zero-order chi connectivity index (χ0) is 28.6. The highest BCUT2D eigenvalue weighted by molar-refractivity contribution is 7.89. The van der Waals surface area contributed by atoms with E-state index < -0.39 is 45.1 Å². The Morgan fingerprint density at radius 2 is 1.85 bits per heavy atom. The number of nitrogens with zero attached hydrogens (tertiary/aromatic N) is 1. The number of alkyl carbamates (subject to hydrolysis) is 1. The number of nitrogens with one attached hydrogen (secondary N) is 2. The molecule has 2 amide bonds. The van der Waals surface area contributed by atoms with Crippen LogP contribution in [0.25, 0.3) is 0 Å². The van der Waals surface area contributed by atoms with Crippen LogP contribution < -0.4 is 16.4 Å². The number of piperidine rings is 1. The number of benzene rings is 2. The van der Waals surface area contributed by atoms with E-state index in [1.807, 2.05) is 31.2 Å². The Kier molecular flexibility index (Phi) is 10.3. The van der Waals surface area contributed by atoms with Gasteiger partial charge in [0.25, 0.3) is 0 Å². The maximum Gasteiger partial charge on any atom is 0.416 e. The van der Waals surface area contributed by atoms with Crippen LogP contribution in [-0.2, 0) is 32.2 Å². The van der Waals surface area contributed by atoms with Crippen molar-refractivity contribution in [2.45, 2.75) is 68.9 Å². The van der Waals surface area contributed by atoms with Crippen molar-refractivity contribution in [1.29, 1.82) is 0 Å². The number of hydrogen-bond donors (Lipinski definition) is 3. The van der Waals surface area contributed by atoms with E-state index >= 15 is 0 Å². The topological polar surface area (TPSA) is 131 Å². The highest BCUT2D eigenvalue weighted by Gasteiger charge is 2.38. The largest absolute Gasteiger partial charge is 0.429 e. The molecule has 2 aromatic rings. The Hall–Kier alpha value is -3.16. The first-order valence-electron chi connectivity index (χ1n) is 12.6. The molecular weight excluding hydrogens is 537 g/mol. The second-order valence-electron chi connectivity index (χ2n) is 9.34. The standard InChI is InChI=1S/C26H33F3N4O5S/c1-18-10-12-19(13-11-18)16-22(31-23(34)8-5-14-30)32-25(35)38-24-9-2-3-15-33(24)39(36,37)21-7-4-6-20(17-21)26(27,28)29/h4,6-7,10-13,17,22,24H,2-3,5,8-9,14-16,30H2,1H3,(H,31,34)(H,32,35)/t22-,24-/m0/s1. The molecule has 1 heterocycles. The molecule has 0 saturated carbocycles. The van der Waals surface area contributed by atoms with E-state index in [1.165, 1.54) is 0 Å². The van der Waals surface area contributed by atoms with Crippen LogP contribution >= 0.6 is 0 Å². The summed E-state index contributed by atoms with van der Waals surface area (Å²) in [6.45, 7) is 2.22. The fourth-order valence-electron chi connectivity index (χ4n) is 4.16. The number of rotatable bonds is 10. The summed E-state index contributed by atoms with van der Waals surface area (Å²) in [6, 6.07) is 10.9. The third kappa shape index (κ3) is 8.67. The summed E-state index contributed by atoms with van der Waals surface area (Å²) >= 11 is 0. The van der Waals surface area contributed by atoms with Crippen LogP contribution in [0.1, 0.15) is 48.8 Å². The lowest BCUT2D eigenvalue weighted by molar-refractivity contribution is -0.137. The predicted octanol–water partition coefficient (Wildman–Crippen LogP) is 3.66. The number of carbonyl (C=O) groups excluding carboxylic acids is 2. The Balaban J connectivity index is 1.75. The number of halogens is 3. The number of sulfonamides is 1. The number of alkyl halides is 3. The fourth-order valence-corrected chi connectivity index (χ4v) is 5.79. The summed E-state index contributed by atoms with van der Waals surface area (Å²) < 4.78 is 72.5. The Labute approximate surface area is 225 Å². The number of ether oxygens (including phenoxy) is 1. The van der Waals surface area contributed by atoms with Gasteiger partial charge < -0.3 is 21.1 Å². The number of carbonyl (C=O) groups is 2. The number of hydrogen-bond acceptors (Lipinski definition) is 6. The molecule has 0 spiro atoms. The maximum absolute atomic E-state index is 13.3. The van der Waals surface area contributed by atoms with Gasteiger partial charge in [-0.25, -0.2) is 13.2 Å². The maximum atomic E-state index is 13.3. The first kappa shape index (κ1) is 30.4. The van der Waals surface area contributed by atoms with Gasteiger partial charge >= 0.3 is 12.3 Å². The molecule has 1 aliphatic heterocycles. The average Bonchev–Trinajstić information content (AvgIpc) is 2.88. The van der Waals surface area contributed by atoms with E-state index in [0.29, 0.717) is 31.9 Å². The van der Waals surface area contributed by atoms with Crippen LogP contribution in [0.15, 0.2) is 53.4 Å². The van der Waals surface area contributed by atoms with Crippen LogP contribution in [0.3, 0.4) is 0 Å². The van der Waals surface area contributed by atoms with Gasteiger partial charge in [0, 0.05) is 19.4 Å². The minimum absolute atomic E-state index is 0.0286. The zero-order valence-corrected chi connectivity index (χ0v) is 22.4. The van der Waals surface area contributed by atoms with Crippen LogP contribution in [-0.4, -0.2) is 50.2 Å². The van der Waals surface area contributed by atoms with E-state index in [0.717, 1.165) is 33.6 Å². The molecule has 2 atom stereocenters. The Morgan fingerprint density at radius 1 is 1.13 bits per heavy atom. The zero-order valence-electron chi connectivity index (χ0n) is 21.5. The number of aryl methyl sites for hydroxylation is 1. The quantitative estimate of drug-likeness (QED) is 0.374. The van der Waals surface area contributed by atoms with E-state index in [4.69, 9.17) is 10.5 Å². The van der Waals surface area contributed by atoms with Crippen LogP contribution in [0, 0.1) is 6.92 Å². The monoisotopic (exact) mass is 570 g/mol. The fraction of sp³-hybridized carbons (Fsp3) is 0.462. The molecular formula is C26H33F3N4O5S. The summed E-state index contributed by atoms with van der Waals surface area (Å²) in [5, 5.41) is 5.31. The molecule has 0 radical (unpaired) electrons. The van der Waals surface area contributed by atoms with Crippen molar-refractivity contribution in [1.82, 2.24) is 14.9 Å². The molecule has 0 aliphatic carbocycles. The first-order chi connectivity index (χ1) is 18.4. The van der Waals surface area contributed by atoms with Gasteiger partial charge in [-0.2, -0.15) is 17.5 Å². The van der Waals surface area contributed by atoms with Gasteiger partial charge in [0.2, 0.25) is 15.9 Å². The third-order valence-corrected chi connectivity index (χ3v) is 8.09. The second-order valence-corrected chi connectivity index (χ2v) is 11.2. The van der Waals surface area contributed by atoms with Gasteiger partial charge in [-0.3, -0.25) is 4.79 Å². The normalized spacial score (nSPS) is 17.3. The van der Waals surface area contributed by atoms with Crippen LogP contribution in [0.4, 0.5) is 18.0 Å². The number of nitrogens with two attached hydrogens (primary N) is 1. The van der Waals surface area contributed by atoms with Crippen molar-refractivity contribution < 1.29 is 35.9 Å². The molecule has 3 rings (SSSR count). The summed E-state index contributed by atoms with van der Waals surface area (Å²) in [5.41, 5.74) is 6.24. The molecule has 1 fully saturated rings. The minimum atomic E-state index is -4.72. The lowest BCUT2D eigenvalue weighted by Gasteiger charge is -2.34. The molecule has 1 saturated heterocycles. The Bertz CT molecular complexity index is 1240. The third-order valence-electron chi connectivity index (χ3n) is 6.21. The molecule has 39 heavy (non-hydrogen) atoms. The molecule has 13 heteroatoms. The molecule has 0 aromatic heterocycles. The van der Waals surface area contributed by atoms with E-state index in [9.17, 15) is 31.2 Å². The van der Waals surface area contributed by atoms with Gasteiger partial charge in [0.15, 0.2) is 6.23 Å². The van der Waals surface area contributed by atoms with E-state index in [2.05, 4.69) is 10.6 Å². The second kappa shape index (κ2) is 13.3. The van der Waals surface area contributed by atoms with Crippen molar-refractivity contribution in [3.8, 4) is 0 Å². The van der Waals surface area contributed by atoms with E-state index in [-0.39, 0.29) is 31.7 Å². The molecule has 0 bridgehead atoms. The molecule has 4 N–H and O–H groups in total. The highest BCUT2D eigenvalue weighted by Crippen LogP contribution is 2.32. The summed E-state index contributed by atoms with van der Waals surface area (Å²) in [4.78, 5) is 24.7. The van der Waals surface area contributed by atoms with Gasteiger partial charge in [-0.1, -0.05) is 35.9 Å². The van der Waals surface area contributed by atoms with Crippen LogP contribution in [0.2, 0.25) is 0 Å². The first-order valence-corrected chi connectivity index (χ1v) is 14.1. The van der Waals surface area contributed by atoms with Crippen molar-refractivity contribution in [3.63, 3.8) is 0 Å². The van der Waals surface area contributed by atoms with E-state index in [1.54, 1.807) is 0 Å². The van der Waals surface area contributed by atoms with Gasteiger partial charge in [0.05, 0.1) is 10.5 Å². The molecule has 9 nitrogen and oxygen atoms in total. The van der Waals surface area contributed by atoms with Crippen molar-refractivity contribution >= 4 is 22.0 Å². The lowest BCUT2D eigenvalue weighted by Crippen LogP contribution is -2.52. The molecule has 1 aliphatic rings. The molecule has 214 valence electrons. The van der Waals surface area contributed by atoms with Gasteiger partial charge in [0.1, 0.15) is 6.17 Å². The van der Waals surface area contributed by atoms with Crippen molar-refractivity contribution in [2.24, 2.45) is 5.73 Å². The summed E-state index contributed by atoms with van der Waals surface area (Å²) in [6.07, 6.45) is -5.76. The summed E-state index contributed by atoms with van der Waals surface area (Å²) in [5.74, 6) is -0.329. The van der Waals surface area contributed by atoms with Crippen LogP contribution in [0.5, 0.6) is 0 Å². The SMILES string of the molecule is Cc1ccc(C[C@@H](NC(=O)CCCN)NC(=O)O[C@H]2CCCCN2S(=O)(=O)c2cccc(C(F)(F)F)c2)cc1. The molecule has 0 unspecified atom stereocenters. The number of amides is 2. The predicted molar refractivity (Wildman–Crippen MR) is 138 cm³/mol. The van der Waals surface area contributed by atoms with Gasteiger partial charge in [-0.15, -0.1) is 0 Å². The lowest BCUT2D eigenvalue weighted by atomic mass is 10.1. The molecule has 2 aromatic carbocycles. The Morgan fingerprint density at radius 3 is 2.51 bits per heavy atom. The smallest absolute Gasteiger partial charge is 0.416 e. The highest BCUT2D eigenvalue weighted by atomic mass is 32.2. The minimum Gasteiger partial charge on any atom is -0.429 e.